The first-order valence-electron chi connectivity index (χ1n) is 6.76. The molecule has 0 atom stereocenters. The molecule has 0 aromatic heterocycles. The van der Waals surface area contributed by atoms with Crippen LogP contribution >= 0.6 is 0 Å². The van der Waals surface area contributed by atoms with Crippen molar-refractivity contribution >= 4 is 17.6 Å². The van der Waals surface area contributed by atoms with Gasteiger partial charge in [-0.05, 0) is 12.1 Å². The van der Waals surface area contributed by atoms with E-state index < -0.39 is 12.4 Å². The van der Waals surface area contributed by atoms with E-state index in [1.165, 1.54) is 0 Å². The molecule has 21 heavy (non-hydrogen) atoms. The fourth-order valence-corrected chi connectivity index (χ4v) is 2.53. The fourth-order valence-electron chi connectivity index (χ4n) is 2.53. The Balaban J connectivity index is 1.61. The van der Waals surface area contributed by atoms with Crippen LogP contribution in [0.1, 0.15) is 6.42 Å². The van der Waals surface area contributed by atoms with Crippen LogP contribution in [0.15, 0.2) is 18.2 Å². The summed E-state index contributed by atoms with van der Waals surface area (Å²) in [6.45, 7) is 2.54. The number of carbonyl (C=O) groups is 2. The van der Waals surface area contributed by atoms with E-state index in [0.29, 0.717) is 26.2 Å². The molecule has 2 aliphatic heterocycles. The maximum absolute atomic E-state index is 11.7. The van der Waals surface area contributed by atoms with E-state index in [2.05, 4.69) is 4.90 Å². The molecule has 7 heteroatoms. The minimum Gasteiger partial charge on any atom is -0.550 e. The monoisotopic (exact) mass is 291 g/mol. The molecule has 1 aromatic carbocycles. The SMILES string of the molecule is O=C([O-])CC(=O)N1CCN(c2ccc3c(c2)OCO3)CC1. The highest BCUT2D eigenvalue weighted by molar-refractivity contribution is 5.92. The average Bonchev–Trinajstić information content (AvgIpc) is 2.94. The van der Waals surface area contributed by atoms with Gasteiger partial charge in [0, 0.05) is 37.9 Å². The van der Waals surface area contributed by atoms with Crippen molar-refractivity contribution in [2.24, 2.45) is 0 Å². The molecule has 0 bridgehead atoms. The number of benzene rings is 1. The number of amides is 1. The van der Waals surface area contributed by atoms with Crippen molar-refractivity contribution < 1.29 is 24.2 Å². The second kappa shape index (κ2) is 5.51. The predicted molar refractivity (Wildman–Crippen MR) is 71.0 cm³/mol. The molecule has 0 N–H and O–H groups in total. The highest BCUT2D eigenvalue weighted by Gasteiger charge is 2.22. The molecular weight excluding hydrogens is 276 g/mol. The van der Waals surface area contributed by atoms with Crippen LogP contribution in [0, 0.1) is 0 Å². The van der Waals surface area contributed by atoms with Crippen LogP contribution < -0.4 is 19.5 Å². The number of anilines is 1. The fraction of sp³-hybridized carbons (Fsp3) is 0.429. The summed E-state index contributed by atoms with van der Waals surface area (Å²) in [6, 6.07) is 5.73. The molecular formula is C14H15N2O5-. The van der Waals surface area contributed by atoms with Gasteiger partial charge in [0.15, 0.2) is 11.5 Å². The number of piperazine rings is 1. The number of carbonyl (C=O) groups excluding carboxylic acids is 2. The van der Waals surface area contributed by atoms with E-state index in [4.69, 9.17) is 9.47 Å². The lowest BCUT2D eigenvalue weighted by atomic mass is 10.2. The molecule has 0 spiro atoms. The lowest BCUT2D eigenvalue weighted by Crippen LogP contribution is -2.49. The predicted octanol–water partition coefficient (Wildman–Crippen LogP) is -0.796. The van der Waals surface area contributed by atoms with Crippen LogP contribution in [0.2, 0.25) is 0 Å². The van der Waals surface area contributed by atoms with Gasteiger partial charge in [0.2, 0.25) is 12.7 Å². The molecule has 2 aliphatic rings. The van der Waals surface area contributed by atoms with Crippen molar-refractivity contribution in [3.63, 3.8) is 0 Å². The number of rotatable bonds is 3. The Hall–Kier alpha value is -2.44. The lowest BCUT2D eigenvalue weighted by molar-refractivity contribution is -0.304. The van der Waals surface area contributed by atoms with Gasteiger partial charge < -0.3 is 29.2 Å². The van der Waals surface area contributed by atoms with Crippen LogP contribution in [-0.2, 0) is 9.59 Å². The van der Waals surface area contributed by atoms with Crippen molar-refractivity contribution in [3.05, 3.63) is 18.2 Å². The summed E-state index contributed by atoms with van der Waals surface area (Å²) in [5.41, 5.74) is 1.01. The maximum Gasteiger partial charge on any atom is 0.231 e. The summed E-state index contributed by atoms with van der Waals surface area (Å²) in [5.74, 6) is -0.261. The summed E-state index contributed by atoms with van der Waals surface area (Å²) >= 11 is 0. The van der Waals surface area contributed by atoms with Crippen LogP contribution in [0.4, 0.5) is 5.69 Å². The number of fused-ring (bicyclic) bond motifs is 1. The van der Waals surface area contributed by atoms with Crippen molar-refractivity contribution in [1.29, 1.82) is 0 Å². The highest BCUT2D eigenvalue weighted by atomic mass is 16.7. The van der Waals surface area contributed by atoms with Gasteiger partial charge >= 0.3 is 0 Å². The van der Waals surface area contributed by atoms with E-state index in [1.54, 1.807) is 4.90 Å². The zero-order valence-electron chi connectivity index (χ0n) is 11.4. The van der Waals surface area contributed by atoms with Gasteiger partial charge in [-0.3, -0.25) is 4.79 Å². The molecule has 1 amide bonds. The van der Waals surface area contributed by atoms with E-state index >= 15 is 0 Å². The highest BCUT2D eigenvalue weighted by Crippen LogP contribution is 2.35. The molecule has 0 radical (unpaired) electrons. The molecule has 1 fully saturated rings. The minimum atomic E-state index is -1.33. The largest absolute Gasteiger partial charge is 0.550 e. The third-order valence-electron chi connectivity index (χ3n) is 3.65. The third kappa shape index (κ3) is 2.86. The number of hydrogen-bond donors (Lipinski definition) is 0. The lowest BCUT2D eigenvalue weighted by Gasteiger charge is -2.36. The Morgan fingerprint density at radius 2 is 1.81 bits per heavy atom. The summed E-state index contributed by atoms with van der Waals surface area (Å²) in [7, 11) is 0. The van der Waals surface area contributed by atoms with Crippen molar-refractivity contribution in [2.45, 2.75) is 6.42 Å². The maximum atomic E-state index is 11.7. The Kier molecular flexibility index (Phi) is 3.55. The van der Waals surface area contributed by atoms with Gasteiger partial charge in [-0.15, -0.1) is 0 Å². The third-order valence-corrected chi connectivity index (χ3v) is 3.65. The molecule has 2 heterocycles. The molecule has 7 nitrogen and oxygen atoms in total. The number of nitrogens with zero attached hydrogens (tertiary/aromatic N) is 2. The minimum absolute atomic E-state index is 0.240. The smallest absolute Gasteiger partial charge is 0.231 e. The molecule has 0 aliphatic carbocycles. The first-order chi connectivity index (χ1) is 10.1. The standard InChI is InChI=1S/C14H16N2O5/c17-13(8-14(18)19)16-5-3-15(4-6-16)10-1-2-11-12(7-10)21-9-20-11/h1-2,7H,3-6,8-9H2,(H,18,19)/p-1. The van der Waals surface area contributed by atoms with Crippen molar-refractivity contribution in [2.75, 3.05) is 37.9 Å². The second-order valence-corrected chi connectivity index (χ2v) is 4.95. The van der Waals surface area contributed by atoms with Crippen LogP contribution in [0.3, 0.4) is 0 Å². The summed E-state index contributed by atoms with van der Waals surface area (Å²) in [4.78, 5) is 25.8. The molecule has 0 saturated carbocycles. The van der Waals surface area contributed by atoms with Crippen LogP contribution in [0.5, 0.6) is 11.5 Å². The second-order valence-electron chi connectivity index (χ2n) is 4.95. The first-order valence-corrected chi connectivity index (χ1v) is 6.76. The zero-order chi connectivity index (χ0) is 14.8. The molecule has 112 valence electrons. The zero-order valence-corrected chi connectivity index (χ0v) is 11.4. The van der Waals surface area contributed by atoms with Gasteiger partial charge in [-0.2, -0.15) is 0 Å². The quantitative estimate of drug-likeness (QED) is 0.678. The van der Waals surface area contributed by atoms with Crippen molar-refractivity contribution in [1.82, 2.24) is 4.90 Å². The van der Waals surface area contributed by atoms with Gasteiger partial charge in [-0.25, -0.2) is 0 Å². The van der Waals surface area contributed by atoms with E-state index in [1.807, 2.05) is 18.2 Å². The van der Waals surface area contributed by atoms with Gasteiger partial charge in [0.25, 0.3) is 0 Å². The van der Waals surface area contributed by atoms with Crippen LogP contribution in [-0.4, -0.2) is 49.7 Å². The summed E-state index contributed by atoms with van der Waals surface area (Å²) in [6.07, 6.45) is -0.552. The van der Waals surface area contributed by atoms with Gasteiger partial charge in [0.05, 0.1) is 12.4 Å². The number of hydrogen-bond acceptors (Lipinski definition) is 6. The summed E-state index contributed by atoms with van der Waals surface area (Å²) < 4.78 is 10.6. The average molecular weight is 291 g/mol. The van der Waals surface area contributed by atoms with Gasteiger partial charge in [-0.1, -0.05) is 0 Å². The number of ether oxygens (including phenoxy) is 2. The Morgan fingerprint density at radius 1 is 1.10 bits per heavy atom. The molecule has 1 saturated heterocycles. The van der Waals surface area contributed by atoms with E-state index in [9.17, 15) is 14.7 Å². The molecule has 0 unspecified atom stereocenters. The summed E-state index contributed by atoms with van der Waals surface area (Å²) in [5, 5.41) is 10.5. The van der Waals surface area contributed by atoms with E-state index in [0.717, 1.165) is 17.2 Å². The first kappa shape index (κ1) is 13.5. The number of carboxylic acid groups (broad SMARTS) is 1. The Morgan fingerprint density at radius 3 is 2.52 bits per heavy atom. The van der Waals surface area contributed by atoms with Crippen LogP contribution in [0.25, 0.3) is 0 Å². The normalized spacial score (nSPS) is 17.0. The van der Waals surface area contributed by atoms with Crippen molar-refractivity contribution in [3.8, 4) is 11.5 Å². The Labute approximate surface area is 121 Å². The van der Waals surface area contributed by atoms with Gasteiger partial charge in [0.1, 0.15) is 0 Å². The number of carboxylic acids is 1. The Bertz CT molecular complexity index is 566. The molecule has 3 rings (SSSR count). The number of aliphatic carboxylic acids is 1. The molecule has 1 aromatic rings. The van der Waals surface area contributed by atoms with E-state index in [-0.39, 0.29) is 12.7 Å². The topological polar surface area (TPSA) is 82.1 Å².